The molecule has 0 unspecified atom stereocenters. The summed E-state index contributed by atoms with van der Waals surface area (Å²) in [7, 11) is 0. The highest BCUT2D eigenvalue weighted by atomic mass is 19.1. The summed E-state index contributed by atoms with van der Waals surface area (Å²) in [5.74, 6) is -0.154. The second-order valence-corrected chi connectivity index (χ2v) is 6.68. The van der Waals surface area contributed by atoms with Gasteiger partial charge in [0.15, 0.2) is 0 Å². The first-order valence-electron chi connectivity index (χ1n) is 9.13. The van der Waals surface area contributed by atoms with E-state index in [-0.39, 0.29) is 5.82 Å². The number of rotatable bonds is 4. The molecule has 0 radical (unpaired) electrons. The average Bonchev–Trinajstić information content (AvgIpc) is 2.69. The highest BCUT2D eigenvalue weighted by molar-refractivity contribution is 5.91. The zero-order valence-electron chi connectivity index (χ0n) is 14.9. The monoisotopic (exact) mass is 340 g/mol. The minimum absolute atomic E-state index is 0.154. The summed E-state index contributed by atoms with van der Waals surface area (Å²) >= 11 is 0. The molecule has 1 heteroatoms. The molecule has 4 aromatic carbocycles. The maximum atomic E-state index is 15.0. The lowest BCUT2D eigenvalue weighted by Crippen LogP contribution is -1.88. The molecule has 0 nitrogen and oxygen atoms in total. The molecule has 0 bridgehead atoms. The second-order valence-electron chi connectivity index (χ2n) is 6.68. The summed E-state index contributed by atoms with van der Waals surface area (Å²) in [5, 5.41) is 1.59. The fourth-order valence-electron chi connectivity index (χ4n) is 3.46. The van der Waals surface area contributed by atoms with Crippen molar-refractivity contribution in [3.63, 3.8) is 0 Å². The molecule has 4 rings (SSSR count). The Hall–Kier alpha value is -2.93. The van der Waals surface area contributed by atoms with Gasteiger partial charge in [0.2, 0.25) is 0 Å². The predicted octanol–water partition coefficient (Wildman–Crippen LogP) is 7.27. The van der Waals surface area contributed by atoms with Crippen molar-refractivity contribution in [1.82, 2.24) is 0 Å². The van der Waals surface area contributed by atoms with Gasteiger partial charge in [-0.3, -0.25) is 0 Å². The minimum Gasteiger partial charge on any atom is -0.206 e. The number of benzene rings is 4. The lowest BCUT2D eigenvalue weighted by molar-refractivity contribution is 0.643. The molecule has 0 N–H and O–H groups in total. The van der Waals surface area contributed by atoms with E-state index in [0.717, 1.165) is 29.4 Å². The first-order valence-corrected chi connectivity index (χ1v) is 9.13. The van der Waals surface area contributed by atoms with Gasteiger partial charge in [-0.15, -0.1) is 0 Å². The van der Waals surface area contributed by atoms with Crippen molar-refractivity contribution in [2.24, 2.45) is 0 Å². The molecule has 0 saturated carbocycles. The van der Waals surface area contributed by atoms with E-state index in [9.17, 15) is 0 Å². The number of hydrogen-bond acceptors (Lipinski definition) is 0. The van der Waals surface area contributed by atoms with E-state index in [1.807, 2.05) is 54.6 Å². The largest absolute Gasteiger partial charge is 0.206 e. The van der Waals surface area contributed by atoms with Crippen molar-refractivity contribution in [1.29, 1.82) is 0 Å². The first kappa shape index (κ1) is 16.5. The van der Waals surface area contributed by atoms with E-state index in [1.165, 1.54) is 11.1 Å². The third kappa shape index (κ3) is 3.13. The van der Waals surface area contributed by atoms with Crippen molar-refractivity contribution in [3.8, 4) is 22.3 Å². The Morgan fingerprint density at radius 3 is 2.15 bits per heavy atom. The van der Waals surface area contributed by atoms with Crippen LogP contribution in [0.4, 0.5) is 4.39 Å². The average molecular weight is 340 g/mol. The zero-order valence-corrected chi connectivity index (χ0v) is 14.9. The summed E-state index contributed by atoms with van der Waals surface area (Å²) in [6.45, 7) is 2.19. The molecule has 128 valence electrons. The smallest absolute Gasteiger partial charge is 0.138 e. The van der Waals surface area contributed by atoms with Gasteiger partial charge in [0.1, 0.15) is 5.82 Å². The maximum absolute atomic E-state index is 15.0. The van der Waals surface area contributed by atoms with E-state index in [1.54, 1.807) is 0 Å². The Balaban J connectivity index is 1.74. The van der Waals surface area contributed by atoms with Crippen LogP contribution in [-0.4, -0.2) is 0 Å². The van der Waals surface area contributed by atoms with Crippen LogP contribution < -0.4 is 0 Å². The fourth-order valence-corrected chi connectivity index (χ4v) is 3.46. The Morgan fingerprint density at radius 1 is 0.692 bits per heavy atom. The lowest BCUT2D eigenvalue weighted by atomic mass is 9.96. The molecule has 0 amide bonds. The van der Waals surface area contributed by atoms with Crippen LogP contribution in [-0.2, 0) is 6.42 Å². The van der Waals surface area contributed by atoms with Gasteiger partial charge in [0, 0.05) is 10.9 Å². The number of hydrogen-bond donors (Lipinski definition) is 0. The van der Waals surface area contributed by atoms with Gasteiger partial charge in [0.25, 0.3) is 0 Å². The Bertz CT molecular complexity index is 1030. The quantitative estimate of drug-likeness (QED) is 0.366. The summed E-state index contributed by atoms with van der Waals surface area (Å²) in [4.78, 5) is 0. The maximum Gasteiger partial charge on any atom is 0.138 e. The van der Waals surface area contributed by atoms with Crippen molar-refractivity contribution in [2.75, 3.05) is 0 Å². The van der Waals surface area contributed by atoms with Gasteiger partial charge in [-0.1, -0.05) is 92.2 Å². The van der Waals surface area contributed by atoms with Crippen LogP contribution in [0.15, 0.2) is 84.9 Å². The van der Waals surface area contributed by atoms with E-state index >= 15 is 4.39 Å². The number of fused-ring (bicyclic) bond motifs is 1. The van der Waals surface area contributed by atoms with Crippen LogP contribution >= 0.6 is 0 Å². The fraction of sp³-hybridized carbons (Fsp3) is 0.120. The Kier molecular flexibility index (Phi) is 4.53. The summed E-state index contributed by atoms with van der Waals surface area (Å²) in [5.41, 5.74) is 5.19. The van der Waals surface area contributed by atoms with Crippen molar-refractivity contribution >= 4 is 10.8 Å². The third-order valence-electron chi connectivity index (χ3n) is 4.86. The predicted molar refractivity (Wildman–Crippen MR) is 109 cm³/mol. The van der Waals surface area contributed by atoms with Crippen LogP contribution in [0.1, 0.15) is 18.9 Å². The summed E-state index contributed by atoms with van der Waals surface area (Å²) in [6.07, 6.45) is 2.25. The first-order chi connectivity index (χ1) is 12.8. The standard InChI is InChI=1S/C25H21F/c1-2-6-18-9-11-19(12-10-18)21-13-15-24-22(17-21)14-16-23(25(24)26)20-7-4-3-5-8-20/h3-5,7-17H,2,6H2,1H3. The van der Waals surface area contributed by atoms with E-state index in [4.69, 9.17) is 0 Å². The van der Waals surface area contributed by atoms with Gasteiger partial charge in [-0.2, -0.15) is 0 Å². The van der Waals surface area contributed by atoms with Crippen molar-refractivity contribution in [3.05, 3.63) is 96.3 Å². The SMILES string of the molecule is CCCc1ccc(-c2ccc3c(F)c(-c4ccccc4)ccc3c2)cc1. The van der Waals surface area contributed by atoms with Gasteiger partial charge >= 0.3 is 0 Å². The number of halogens is 1. The molecule has 0 spiro atoms. The van der Waals surface area contributed by atoms with E-state index in [0.29, 0.717) is 10.9 Å². The third-order valence-corrected chi connectivity index (χ3v) is 4.86. The molecule has 0 aromatic heterocycles. The summed E-state index contributed by atoms with van der Waals surface area (Å²) in [6, 6.07) is 28.2. The molecule has 0 saturated heterocycles. The van der Waals surface area contributed by atoms with Crippen LogP contribution in [0.25, 0.3) is 33.0 Å². The van der Waals surface area contributed by atoms with Gasteiger partial charge in [-0.25, -0.2) is 4.39 Å². The number of aryl methyl sites for hydroxylation is 1. The van der Waals surface area contributed by atoms with Crippen molar-refractivity contribution < 1.29 is 4.39 Å². The van der Waals surface area contributed by atoms with Gasteiger partial charge in [0.05, 0.1) is 0 Å². The molecule has 0 aliphatic rings. The molecule has 0 aliphatic heterocycles. The van der Waals surface area contributed by atoms with E-state index < -0.39 is 0 Å². The van der Waals surface area contributed by atoms with Crippen molar-refractivity contribution in [2.45, 2.75) is 19.8 Å². The molecule has 0 fully saturated rings. The minimum atomic E-state index is -0.154. The Labute approximate surface area is 153 Å². The van der Waals surface area contributed by atoms with Crippen LogP contribution in [0.2, 0.25) is 0 Å². The lowest BCUT2D eigenvalue weighted by Gasteiger charge is -2.09. The van der Waals surface area contributed by atoms with Gasteiger partial charge in [-0.05, 0) is 40.1 Å². The molecular weight excluding hydrogens is 319 g/mol. The van der Waals surface area contributed by atoms with Crippen LogP contribution in [0.3, 0.4) is 0 Å². The molecule has 0 atom stereocenters. The Morgan fingerprint density at radius 2 is 1.42 bits per heavy atom. The highest BCUT2D eigenvalue weighted by Crippen LogP contribution is 2.31. The molecule has 0 heterocycles. The topological polar surface area (TPSA) is 0 Å². The second kappa shape index (κ2) is 7.13. The molecule has 4 aromatic rings. The molecule has 26 heavy (non-hydrogen) atoms. The normalized spacial score (nSPS) is 11.0. The highest BCUT2D eigenvalue weighted by Gasteiger charge is 2.10. The summed E-state index contributed by atoms with van der Waals surface area (Å²) < 4.78 is 15.0. The van der Waals surface area contributed by atoms with Gasteiger partial charge < -0.3 is 0 Å². The zero-order chi connectivity index (χ0) is 17.9. The molecule has 0 aliphatic carbocycles. The van der Waals surface area contributed by atoms with E-state index in [2.05, 4.69) is 37.3 Å². The molecular formula is C25H21F. The van der Waals surface area contributed by atoms with Crippen LogP contribution in [0, 0.1) is 5.82 Å². The van der Waals surface area contributed by atoms with Crippen LogP contribution in [0.5, 0.6) is 0 Å².